The van der Waals surface area contributed by atoms with Crippen LogP contribution in [0.1, 0.15) is 43.0 Å². The van der Waals surface area contributed by atoms with Crippen molar-refractivity contribution < 1.29 is 14.1 Å². The fraction of sp³-hybridized carbons (Fsp3) is 0.304. The van der Waals surface area contributed by atoms with Crippen LogP contribution in [0.15, 0.2) is 40.9 Å². The molecule has 0 bridgehead atoms. The number of nitrogens with zero attached hydrogens (tertiary/aromatic N) is 3. The summed E-state index contributed by atoms with van der Waals surface area (Å²) in [6, 6.07) is 13.4. The van der Waals surface area contributed by atoms with E-state index in [1.54, 1.807) is 18.2 Å². The Labute approximate surface area is 180 Å². The Morgan fingerprint density at radius 1 is 1.39 bits per heavy atom. The van der Waals surface area contributed by atoms with Gasteiger partial charge in [0.1, 0.15) is 11.8 Å². The number of amides is 1. The first kappa shape index (κ1) is 20.6. The monoisotopic (exact) mass is 417 g/mol. The van der Waals surface area contributed by atoms with Gasteiger partial charge >= 0.3 is 0 Å². The molecule has 1 aromatic heterocycles. The van der Waals surface area contributed by atoms with Crippen LogP contribution in [0.3, 0.4) is 0 Å². The van der Waals surface area contributed by atoms with Crippen LogP contribution >= 0.6 is 0 Å². The second-order valence-electron chi connectivity index (χ2n) is 7.72. The van der Waals surface area contributed by atoms with Gasteiger partial charge in [-0.05, 0) is 56.0 Å². The van der Waals surface area contributed by atoms with Gasteiger partial charge < -0.3 is 20.3 Å². The standard InChI is InChI=1S/C23H23N5O3/c1-13(2)30-20-9-6-14(10-15(20)11-24)23-27-22(28-31-23)18-5-3-4-17-16(18)7-8-19(17)26-12-21(25)29/h3-6,9-10,13,19,26H,7-8,12H2,1-2H3,(H2,25,29)/t19-/m1/s1. The second-order valence-corrected chi connectivity index (χ2v) is 7.72. The second kappa shape index (κ2) is 8.58. The first-order chi connectivity index (χ1) is 15.0. The molecule has 0 aliphatic heterocycles. The fourth-order valence-corrected chi connectivity index (χ4v) is 3.86. The highest BCUT2D eigenvalue weighted by atomic mass is 16.5. The summed E-state index contributed by atoms with van der Waals surface area (Å²) < 4.78 is 11.2. The molecule has 3 aromatic rings. The number of nitrogens with one attached hydrogen (secondary N) is 1. The zero-order valence-electron chi connectivity index (χ0n) is 17.4. The third kappa shape index (κ3) is 4.27. The van der Waals surface area contributed by atoms with E-state index in [-0.39, 0.29) is 24.6 Å². The minimum atomic E-state index is -0.381. The molecule has 8 heteroatoms. The molecular weight excluding hydrogens is 394 g/mol. The Kier molecular flexibility index (Phi) is 5.69. The maximum absolute atomic E-state index is 11.1. The van der Waals surface area contributed by atoms with Crippen molar-refractivity contribution in [3.63, 3.8) is 0 Å². The molecule has 1 amide bonds. The van der Waals surface area contributed by atoms with Crippen molar-refractivity contribution in [2.45, 2.75) is 38.8 Å². The Balaban J connectivity index is 1.62. The number of carbonyl (C=O) groups is 1. The number of rotatable bonds is 7. The number of primary amides is 1. The van der Waals surface area contributed by atoms with Gasteiger partial charge in [0.25, 0.3) is 5.89 Å². The van der Waals surface area contributed by atoms with Crippen LogP contribution in [0, 0.1) is 11.3 Å². The van der Waals surface area contributed by atoms with Crippen LogP contribution in [0.25, 0.3) is 22.8 Å². The number of carbonyl (C=O) groups excluding carboxylic acids is 1. The summed E-state index contributed by atoms with van der Waals surface area (Å²) in [5.74, 6) is 0.968. The number of nitriles is 1. The predicted octanol–water partition coefficient (Wildman–Crippen LogP) is 3.12. The predicted molar refractivity (Wildman–Crippen MR) is 114 cm³/mol. The summed E-state index contributed by atoms with van der Waals surface area (Å²) in [5.41, 5.74) is 9.48. The van der Waals surface area contributed by atoms with Crippen molar-refractivity contribution in [2.24, 2.45) is 5.73 Å². The Morgan fingerprint density at radius 3 is 2.97 bits per heavy atom. The number of hydrogen-bond acceptors (Lipinski definition) is 7. The van der Waals surface area contributed by atoms with Crippen molar-refractivity contribution in [1.29, 1.82) is 5.26 Å². The summed E-state index contributed by atoms with van der Waals surface area (Å²) >= 11 is 0. The van der Waals surface area contributed by atoms with Gasteiger partial charge in [0.15, 0.2) is 0 Å². The topological polar surface area (TPSA) is 127 Å². The van der Waals surface area contributed by atoms with Crippen molar-refractivity contribution in [3.05, 3.63) is 53.1 Å². The number of fused-ring (bicyclic) bond motifs is 1. The summed E-state index contributed by atoms with van der Waals surface area (Å²) in [7, 11) is 0. The molecule has 1 aliphatic rings. The number of nitrogens with two attached hydrogens (primary N) is 1. The lowest BCUT2D eigenvalue weighted by molar-refractivity contribution is -0.117. The molecule has 158 valence electrons. The Hall–Kier alpha value is -3.70. The average Bonchev–Trinajstić information content (AvgIpc) is 3.39. The lowest BCUT2D eigenvalue weighted by Crippen LogP contribution is -2.30. The Bertz CT molecular complexity index is 1160. The molecular formula is C23H23N5O3. The molecule has 1 aliphatic carbocycles. The molecule has 3 N–H and O–H groups in total. The summed E-state index contributed by atoms with van der Waals surface area (Å²) in [5, 5.41) is 16.8. The van der Waals surface area contributed by atoms with Gasteiger partial charge in [-0.15, -0.1) is 0 Å². The third-order valence-corrected chi connectivity index (χ3v) is 5.17. The van der Waals surface area contributed by atoms with Gasteiger partial charge in [0, 0.05) is 17.2 Å². The van der Waals surface area contributed by atoms with Crippen molar-refractivity contribution in [2.75, 3.05) is 6.54 Å². The fourth-order valence-electron chi connectivity index (χ4n) is 3.86. The van der Waals surface area contributed by atoms with E-state index >= 15 is 0 Å². The van der Waals surface area contributed by atoms with E-state index in [9.17, 15) is 10.1 Å². The van der Waals surface area contributed by atoms with Crippen molar-refractivity contribution in [3.8, 4) is 34.7 Å². The normalized spacial score (nSPS) is 15.0. The molecule has 8 nitrogen and oxygen atoms in total. The zero-order valence-corrected chi connectivity index (χ0v) is 17.4. The highest BCUT2D eigenvalue weighted by Crippen LogP contribution is 2.37. The maximum atomic E-state index is 11.1. The van der Waals surface area contributed by atoms with Crippen LogP contribution in [0.5, 0.6) is 5.75 Å². The number of benzene rings is 2. The van der Waals surface area contributed by atoms with Crippen molar-refractivity contribution >= 4 is 5.91 Å². The summed E-state index contributed by atoms with van der Waals surface area (Å²) in [6.45, 7) is 3.95. The van der Waals surface area contributed by atoms with Gasteiger partial charge in [0.05, 0.1) is 18.2 Å². The molecule has 4 rings (SSSR count). The highest BCUT2D eigenvalue weighted by Gasteiger charge is 2.26. The van der Waals surface area contributed by atoms with Gasteiger partial charge in [-0.25, -0.2) is 0 Å². The van der Waals surface area contributed by atoms with Crippen LogP contribution < -0.4 is 15.8 Å². The van der Waals surface area contributed by atoms with E-state index in [1.807, 2.05) is 32.0 Å². The van der Waals surface area contributed by atoms with Crippen LogP contribution in [-0.4, -0.2) is 28.7 Å². The molecule has 0 radical (unpaired) electrons. The van der Waals surface area contributed by atoms with E-state index < -0.39 is 0 Å². The zero-order chi connectivity index (χ0) is 22.0. The summed E-state index contributed by atoms with van der Waals surface area (Å²) in [6.07, 6.45) is 1.67. The summed E-state index contributed by atoms with van der Waals surface area (Å²) in [4.78, 5) is 15.7. The first-order valence-electron chi connectivity index (χ1n) is 10.1. The maximum Gasteiger partial charge on any atom is 0.258 e. The largest absolute Gasteiger partial charge is 0.490 e. The van der Waals surface area contributed by atoms with Crippen LogP contribution in [0.4, 0.5) is 0 Å². The molecule has 0 fully saturated rings. The number of ether oxygens (including phenoxy) is 1. The van der Waals surface area contributed by atoms with E-state index in [2.05, 4.69) is 21.5 Å². The molecule has 1 atom stereocenters. The van der Waals surface area contributed by atoms with Crippen molar-refractivity contribution in [1.82, 2.24) is 15.5 Å². The Morgan fingerprint density at radius 2 is 2.23 bits per heavy atom. The minimum Gasteiger partial charge on any atom is -0.490 e. The SMILES string of the molecule is CC(C)Oc1ccc(-c2nc(-c3cccc4c3CC[C@H]4NCC(N)=O)no2)cc1C#N. The van der Waals surface area contributed by atoms with Gasteiger partial charge in [0.2, 0.25) is 11.7 Å². The van der Waals surface area contributed by atoms with Gasteiger partial charge in [-0.1, -0.05) is 23.4 Å². The molecule has 31 heavy (non-hydrogen) atoms. The molecule has 2 aromatic carbocycles. The van der Waals surface area contributed by atoms with Crippen LogP contribution in [0.2, 0.25) is 0 Å². The highest BCUT2D eigenvalue weighted by molar-refractivity contribution is 5.76. The number of aromatic nitrogens is 2. The van der Waals surface area contributed by atoms with E-state index in [0.717, 1.165) is 29.5 Å². The van der Waals surface area contributed by atoms with E-state index in [0.29, 0.717) is 28.6 Å². The average molecular weight is 417 g/mol. The smallest absolute Gasteiger partial charge is 0.258 e. The molecule has 0 saturated heterocycles. The molecule has 0 spiro atoms. The van der Waals surface area contributed by atoms with Gasteiger partial charge in [-0.2, -0.15) is 10.2 Å². The number of hydrogen-bond donors (Lipinski definition) is 2. The molecule has 1 heterocycles. The third-order valence-electron chi connectivity index (χ3n) is 5.17. The van der Waals surface area contributed by atoms with E-state index in [4.69, 9.17) is 15.0 Å². The lowest BCUT2D eigenvalue weighted by Gasteiger charge is -2.13. The van der Waals surface area contributed by atoms with Crippen LogP contribution in [-0.2, 0) is 11.2 Å². The quantitative estimate of drug-likeness (QED) is 0.604. The molecule has 0 unspecified atom stereocenters. The first-order valence-corrected chi connectivity index (χ1v) is 10.1. The lowest BCUT2D eigenvalue weighted by atomic mass is 10.0. The molecule has 0 saturated carbocycles. The van der Waals surface area contributed by atoms with Gasteiger partial charge in [-0.3, -0.25) is 4.79 Å². The minimum absolute atomic E-state index is 0.0329. The van der Waals surface area contributed by atoms with E-state index in [1.165, 1.54) is 0 Å².